The monoisotopic (exact) mass is 208 g/mol. The molecule has 2 rings (SSSR count). The summed E-state index contributed by atoms with van der Waals surface area (Å²) < 4.78 is 5.22. The van der Waals surface area contributed by atoms with Crippen molar-refractivity contribution in [1.29, 1.82) is 0 Å². The van der Waals surface area contributed by atoms with Crippen molar-refractivity contribution in [2.75, 3.05) is 19.6 Å². The Kier molecular flexibility index (Phi) is 2.77. The second-order valence-corrected chi connectivity index (χ2v) is 3.98. The number of amides is 1. The first-order chi connectivity index (χ1) is 7.20. The molecule has 4 heteroatoms. The van der Waals surface area contributed by atoms with Crippen molar-refractivity contribution in [3.63, 3.8) is 0 Å². The van der Waals surface area contributed by atoms with E-state index >= 15 is 0 Å². The lowest BCUT2D eigenvalue weighted by molar-refractivity contribution is 0.0622. The zero-order chi connectivity index (χ0) is 10.8. The molecule has 15 heavy (non-hydrogen) atoms. The van der Waals surface area contributed by atoms with E-state index in [9.17, 15) is 4.79 Å². The van der Waals surface area contributed by atoms with Gasteiger partial charge in [0.05, 0.1) is 6.26 Å². The molecule has 1 fully saturated rings. The zero-order valence-electron chi connectivity index (χ0n) is 9.12. The van der Waals surface area contributed by atoms with Crippen LogP contribution in [0.25, 0.3) is 0 Å². The van der Waals surface area contributed by atoms with Crippen molar-refractivity contribution in [2.24, 2.45) is 0 Å². The van der Waals surface area contributed by atoms with Gasteiger partial charge in [-0.1, -0.05) is 0 Å². The Morgan fingerprint density at radius 3 is 3.07 bits per heavy atom. The molecule has 0 unspecified atom stereocenters. The highest BCUT2D eigenvalue weighted by Gasteiger charge is 2.26. The molecular formula is C11H16N2O2. The molecule has 0 bridgehead atoms. The summed E-state index contributed by atoms with van der Waals surface area (Å²) in [5.74, 6) is 0.482. The highest BCUT2D eigenvalue weighted by atomic mass is 16.3. The first-order valence-electron chi connectivity index (χ1n) is 5.26. The van der Waals surface area contributed by atoms with Gasteiger partial charge in [0.25, 0.3) is 5.91 Å². The molecule has 0 aromatic carbocycles. The largest absolute Gasteiger partial charge is 0.459 e. The summed E-state index contributed by atoms with van der Waals surface area (Å²) in [6.45, 7) is 6.40. The zero-order valence-corrected chi connectivity index (χ0v) is 9.12. The molecule has 1 aliphatic heterocycles. The summed E-state index contributed by atoms with van der Waals surface area (Å²) in [5.41, 5.74) is 0.908. The second kappa shape index (κ2) is 4.06. The summed E-state index contributed by atoms with van der Waals surface area (Å²) in [4.78, 5) is 14.0. The van der Waals surface area contributed by atoms with Gasteiger partial charge in [0.1, 0.15) is 0 Å². The molecule has 0 spiro atoms. The molecule has 1 N–H and O–H groups in total. The molecule has 0 saturated carbocycles. The SMILES string of the molecule is Cc1ccoc1C(=O)N1CCNC[C@@H]1C. The number of furan rings is 1. The van der Waals surface area contributed by atoms with Gasteiger partial charge in [-0.05, 0) is 19.9 Å². The minimum Gasteiger partial charge on any atom is -0.459 e. The van der Waals surface area contributed by atoms with E-state index in [1.54, 1.807) is 6.26 Å². The molecule has 0 aliphatic carbocycles. The number of carbonyl (C=O) groups is 1. The van der Waals surface area contributed by atoms with Crippen LogP contribution in [0.5, 0.6) is 0 Å². The molecule has 0 radical (unpaired) electrons. The minimum atomic E-state index is 0.00602. The van der Waals surface area contributed by atoms with Crippen LogP contribution in [0.1, 0.15) is 23.0 Å². The van der Waals surface area contributed by atoms with Gasteiger partial charge >= 0.3 is 0 Å². The predicted molar refractivity (Wildman–Crippen MR) is 56.8 cm³/mol. The molecule has 1 aromatic heterocycles. The third-order valence-electron chi connectivity index (χ3n) is 2.82. The van der Waals surface area contributed by atoms with Crippen LogP contribution in [0.15, 0.2) is 16.7 Å². The smallest absolute Gasteiger partial charge is 0.290 e. The number of piperazine rings is 1. The van der Waals surface area contributed by atoms with Crippen LogP contribution in [0.2, 0.25) is 0 Å². The quantitative estimate of drug-likeness (QED) is 0.749. The molecular weight excluding hydrogens is 192 g/mol. The number of nitrogens with one attached hydrogen (secondary N) is 1. The van der Waals surface area contributed by atoms with Gasteiger partial charge in [-0.2, -0.15) is 0 Å². The Labute approximate surface area is 89.2 Å². The summed E-state index contributed by atoms with van der Waals surface area (Å²) in [6.07, 6.45) is 1.56. The van der Waals surface area contributed by atoms with Crippen molar-refractivity contribution in [2.45, 2.75) is 19.9 Å². The summed E-state index contributed by atoms with van der Waals surface area (Å²) in [5, 5.41) is 3.25. The Balaban J connectivity index is 2.17. The van der Waals surface area contributed by atoms with Crippen molar-refractivity contribution in [3.8, 4) is 0 Å². The fourth-order valence-corrected chi connectivity index (χ4v) is 1.87. The van der Waals surface area contributed by atoms with Crippen LogP contribution >= 0.6 is 0 Å². The number of rotatable bonds is 1. The first-order valence-corrected chi connectivity index (χ1v) is 5.26. The number of nitrogens with zero attached hydrogens (tertiary/aromatic N) is 1. The molecule has 1 saturated heterocycles. The predicted octanol–water partition coefficient (Wildman–Crippen LogP) is 1.02. The Bertz CT molecular complexity index is 359. The van der Waals surface area contributed by atoms with Gasteiger partial charge in [-0.3, -0.25) is 4.79 Å². The van der Waals surface area contributed by atoms with Gasteiger partial charge in [-0.15, -0.1) is 0 Å². The standard InChI is InChI=1S/C11H16N2O2/c1-8-3-6-15-10(8)11(14)13-5-4-12-7-9(13)2/h3,6,9,12H,4-5,7H2,1-2H3/t9-/m0/s1. The van der Waals surface area contributed by atoms with E-state index in [0.717, 1.165) is 25.2 Å². The van der Waals surface area contributed by atoms with E-state index in [-0.39, 0.29) is 11.9 Å². The van der Waals surface area contributed by atoms with Crippen LogP contribution in [0.4, 0.5) is 0 Å². The van der Waals surface area contributed by atoms with Crippen molar-refractivity contribution < 1.29 is 9.21 Å². The van der Waals surface area contributed by atoms with E-state index in [4.69, 9.17) is 4.42 Å². The second-order valence-electron chi connectivity index (χ2n) is 3.98. The number of carbonyl (C=O) groups excluding carboxylic acids is 1. The maximum Gasteiger partial charge on any atom is 0.290 e. The fraction of sp³-hybridized carbons (Fsp3) is 0.545. The fourth-order valence-electron chi connectivity index (χ4n) is 1.87. The van der Waals surface area contributed by atoms with E-state index in [1.807, 2.05) is 24.8 Å². The maximum absolute atomic E-state index is 12.1. The molecule has 4 nitrogen and oxygen atoms in total. The van der Waals surface area contributed by atoms with Crippen LogP contribution in [-0.2, 0) is 0 Å². The summed E-state index contributed by atoms with van der Waals surface area (Å²) in [7, 11) is 0. The molecule has 1 amide bonds. The van der Waals surface area contributed by atoms with E-state index in [2.05, 4.69) is 5.32 Å². The molecule has 2 heterocycles. The Morgan fingerprint density at radius 2 is 2.47 bits per heavy atom. The van der Waals surface area contributed by atoms with E-state index in [1.165, 1.54) is 0 Å². The highest BCUT2D eigenvalue weighted by molar-refractivity contribution is 5.93. The van der Waals surface area contributed by atoms with Crippen LogP contribution in [0.3, 0.4) is 0 Å². The van der Waals surface area contributed by atoms with Crippen molar-refractivity contribution in [3.05, 3.63) is 23.7 Å². The van der Waals surface area contributed by atoms with Crippen molar-refractivity contribution in [1.82, 2.24) is 10.2 Å². The van der Waals surface area contributed by atoms with Gasteiger partial charge in [0.2, 0.25) is 0 Å². The highest BCUT2D eigenvalue weighted by Crippen LogP contribution is 2.14. The molecule has 1 aromatic rings. The lowest BCUT2D eigenvalue weighted by atomic mass is 10.2. The van der Waals surface area contributed by atoms with Crippen LogP contribution < -0.4 is 5.32 Å². The average molecular weight is 208 g/mol. The van der Waals surface area contributed by atoms with Gasteiger partial charge < -0.3 is 14.6 Å². The van der Waals surface area contributed by atoms with Gasteiger partial charge in [0, 0.05) is 31.2 Å². The Hall–Kier alpha value is -1.29. The summed E-state index contributed by atoms with van der Waals surface area (Å²) >= 11 is 0. The lowest BCUT2D eigenvalue weighted by Crippen LogP contribution is -2.52. The third kappa shape index (κ3) is 1.90. The average Bonchev–Trinajstić information content (AvgIpc) is 2.64. The molecule has 82 valence electrons. The number of aryl methyl sites for hydroxylation is 1. The van der Waals surface area contributed by atoms with Crippen molar-refractivity contribution >= 4 is 5.91 Å². The van der Waals surface area contributed by atoms with E-state index in [0.29, 0.717) is 5.76 Å². The lowest BCUT2D eigenvalue weighted by Gasteiger charge is -2.33. The summed E-state index contributed by atoms with van der Waals surface area (Å²) in [6, 6.07) is 2.05. The van der Waals surface area contributed by atoms with Crippen LogP contribution in [0, 0.1) is 6.92 Å². The van der Waals surface area contributed by atoms with Gasteiger partial charge in [0.15, 0.2) is 5.76 Å². The molecule has 1 atom stereocenters. The molecule has 1 aliphatic rings. The Morgan fingerprint density at radius 1 is 1.67 bits per heavy atom. The minimum absolute atomic E-state index is 0.00602. The van der Waals surface area contributed by atoms with E-state index < -0.39 is 0 Å². The normalized spacial score (nSPS) is 21.7. The number of hydrogen-bond donors (Lipinski definition) is 1. The first kappa shape index (κ1) is 10.2. The number of hydrogen-bond acceptors (Lipinski definition) is 3. The van der Waals surface area contributed by atoms with Gasteiger partial charge in [-0.25, -0.2) is 0 Å². The maximum atomic E-state index is 12.1. The van der Waals surface area contributed by atoms with Crippen LogP contribution in [-0.4, -0.2) is 36.5 Å². The topological polar surface area (TPSA) is 45.5 Å². The third-order valence-corrected chi connectivity index (χ3v) is 2.82.